The Morgan fingerprint density at radius 1 is 1.25 bits per heavy atom. The molecule has 0 aliphatic heterocycles. The topological polar surface area (TPSA) is 26.3 Å². The molecule has 1 rings (SSSR count). The van der Waals surface area contributed by atoms with Crippen LogP contribution in [0.25, 0.3) is 0 Å². The monoisotopic (exact) mass is 274 g/mol. The Morgan fingerprint density at radius 2 is 1.80 bits per heavy atom. The van der Waals surface area contributed by atoms with E-state index in [1.165, 1.54) is 5.56 Å². The molecule has 0 bridgehead atoms. The van der Waals surface area contributed by atoms with E-state index in [0.29, 0.717) is 24.0 Å². The molecule has 0 aliphatic carbocycles. The number of carbonyl (C=O) groups excluding carboxylic acids is 1. The molecule has 2 heteroatoms. The quantitative estimate of drug-likeness (QED) is 0.561. The van der Waals surface area contributed by atoms with Gasteiger partial charge in [-0.05, 0) is 24.3 Å². The highest BCUT2D eigenvalue weighted by molar-refractivity contribution is 5.86. The summed E-state index contributed by atoms with van der Waals surface area (Å²) < 4.78 is 5.34. The zero-order chi connectivity index (χ0) is 15.3. The van der Waals surface area contributed by atoms with Gasteiger partial charge in [-0.3, -0.25) is 0 Å². The Morgan fingerprint density at radius 3 is 2.30 bits per heavy atom. The second-order valence-electron chi connectivity index (χ2n) is 6.33. The van der Waals surface area contributed by atoms with E-state index in [9.17, 15) is 4.79 Å². The summed E-state index contributed by atoms with van der Waals surface area (Å²) in [7, 11) is 0. The van der Waals surface area contributed by atoms with Crippen molar-refractivity contribution in [2.45, 2.75) is 40.5 Å². The molecule has 110 valence electrons. The standard InChI is InChI=1S/C18H26O2/c1-13(2)17(19)20-12-18(5,6)15(4)14(3)16-10-8-7-9-11-16/h7-11,14-15H,1,12H2,2-6H3/t14-,15-/m0/s1. The molecular formula is C18H26O2. The second-order valence-corrected chi connectivity index (χ2v) is 6.33. The zero-order valence-electron chi connectivity index (χ0n) is 13.3. The molecule has 0 radical (unpaired) electrons. The summed E-state index contributed by atoms with van der Waals surface area (Å²) in [5.41, 5.74) is 1.68. The molecule has 0 aliphatic rings. The molecule has 1 aromatic rings. The lowest BCUT2D eigenvalue weighted by atomic mass is 9.72. The van der Waals surface area contributed by atoms with E-state index in [1.807, 2.05) is 6.07 Å². The zero-order valence-corrected chi connectivity index (χ0v) is 13.3. The van der Waals surface area contributed by atoms with Crippen LogP contribution in [0.4, 0.5) is 0 Å². The molecule has 0 unspecified atom stereocenters. The van der Waals surface area contributed by atoms with Crippen LogP contribution in [0, 0.1) is 11.3 Å². The van der Waals surface area contributed by atoms with E-state index >= 15 is 0 Å². The summed E-state index contributed by atoms with van der Waals surface area (Å²) in [4.78, 5) is 11.5. The molecule has 0 N–H and O–H groups in total. The molecular weight excluding hydrogens is 248 g/mol. The fourth-order valence-corrected chi connectivity index (χ4v) is 2.23. The van der Waals surface area contributed by atoms with Crippen molar-refractivity contribution in [3.63, 3.8) is 0 Å². The number of ether oxygens (including phenoxy) is 1. The maximum atomic E-state index is 11.5. The van der Waals surface area contributed by atoms with Crippen LogP contribution in [-0.4, -0.2) is 12.6 Å². The molecule has 2 atom stereocenters. The highest BCUT2D eigenvalue weighted by Gasteiger charge is 2.32. The van der Waals surface area contributed by atoms with Gasteiger partial charge in [-0.1, -0.05) is 64.6 Å². The molecule has 0 amide bonds. The Balaban J connectivity index is 2.71. The van der Waals surface area contributed by atoms with E-state index in [4.69, 9.17) is 4.74 Å². The Labute approximate surface area is 122 Å². The van der Waals surface area contributed by atoms with E-state index in [2.05, 4.69) is 58.5 Å². The molecule has 0 saturated carbocycles. The first kappa shape index (κ1) is 16.5. The Hall–Kier alpha value is -1.57. The normalized spacial score (nSPS) is 14.4. The Kier molecular flexibility index (Phi) is 5.55. The number of rotatable bonds is 6. The van der Waals surface area contributed by atoms with Gasteiger partial charge >= 0.3 is 5.97 Å². The van der Waals surface area contributed by atoms with Crippen molar-refractivity contribution in [1.82, 2.24) is 0 Å². The lowest BCUT2D eigenvalue weighted by molar-refractivity contribution is -0.143. The van der Waals surface area contributed by atoms with Gasteiger partial charge in [0.2, 0.25) is 0 Å². The van der Waals surface area contributed by atoms with Crippen molar-refractivity contribution < 1.29 is 9.53 Å². The largest absolute Gasteiger partial charge is 0.462 e. The lowest BCUT2D eigenvalue weighted by Gasteiger charge is -2.35. The molecule has 0 aromatic heterocycles. The minimum Gasteiger partial charge on any atom is -0.462 e. The van der Waals surface area contributed by atoms with Gasteiger partial charge in [0, 0.05) is 11.0 Å². The molecule has 0 spiro atoms. The van der Waals surface area contributed by atoms with E-state index < -0.39 is 0 Å². The first-order chi connectivity index (χ1) is 9.25. The van der Waals surface area contributed by atoms with E-state index in [-0.39, 0.29) is 11.4 Å². The van der Waals surface area contributed by atoms with Crippen molar-refractivity contribution in [2.75, 3.05) is 6.61 Å². The predicted molar refractivity (Wildman–Crippen MR) is 83.6 cm³/mol. The van der Waals surface area contributed by atoms with Gasteiger partial charge in [0.1, 0.15) is 0 Å². The molecule has 20 heavy (non-hydrogen) atoms. The van der Waals surface area contributed by atoms with Crippen LogP contribution < -0.4 is 0 Å². The van der Waals surface area contributed by atoms with Gasteiger partial charge in [0.05, 0.1) is 6.61 Å². The smallest absolute Gasteiger partial charge is 0.333 e. The first-order valence-electron chi connectivity index (χ1n) is 7.13. The van der Waals surface area contributed by atoms with Crippen LogP contribution in [0.15, 0.2) is 42.5 Å². The van der Waals surface area contributed by atoms with Crippen LogP contribution in [0.3, 0.4) is 0 Å². The van der Waals surface area contributed by atoms with Crippen LogP contribution in [0.5, 0.6) is 0 Å². The third-order valence-electron chi connectivity index (χ3n) is 4.23. The average molecular weight is 274 g/mol. The highest BCUT2D eigenvalue weighted by Crippen LogP contribution is 2.37. The number of hydrogen-bond acceptors (Lipinski definition) is 2. The fraction of sp³-hybridized carbons (Fsp3) is 0.500. The Bertz CT molecular complexity index is 460. The summed E-state index contributed by atoms with van der Waals surface area (Å²) in [5.74, 6) is 0.496. The van der Waals surface area contributed by atoms with Gasteiger partial charge < -0.3 is 4.74 Å². The van der Waals surface area contributed by atoms with Gasteiger partial charge in [0.15, 0.2) is 0 Å². The number of hydrogen-bond donors (Lipinski definition) is 0. The predicted octanol–water partition coefficient (Wildman–Crippen LogP) is 4.57. The van der Waals surface area contributed by atoms with Crippen LogP contribution in [0.1, 0.15) is 46.1 Å². The first-order valence-corrected chi connectivity index (χ1v) is 7.13. The fourth-order valence-electron chi connectivity index (χ4n) is 2.23. The van der Waals surface area contributed by atoms with E-state index in [1.54, 1.807) is 6.92 Å². The van der Waals surface area contributed by atoms with Crippen LogP contribution >= 0.6 is 0 Å². The molecule has 2 nitrogen and oxygen atoms in total. The van der Waals surface area contributed by atoms with Crippen molar-refractivity contribution in [3.05, 3.63) is 48.0 Å². The van der Waals surface area contributed by atoms with Crippen molar-refractivity contribution in [1.29, 1.82) is 0 Å². The van der Waals surface area contributed by atoms with Crippen LogP contribution in [-0.2, 0) is 9.53 Å². The third-order valence-corrected chi connectivity index (χ3v) is 4.23. The summed E-state index contributed by atoms with van der Waals surface area (Å²) in [5, 5.41) is 0. The number of benzene rings is 1. The van der Waals surface area contributed by atoms with Gasteiger partial charge in [-0.25, -0.2) is 4.79 Å². The van der Waals surface area contributed by atoms with Gasteiger partial charge in [-0.15, -0.1) is 0 Å². The highest BCUT2D eigenvalue weighted by atomic mass is 16.5. The van der Waals surface area contributed by atoms with Gasteiger partial charge in [-0.2, -0.15) is 0 Å². The van der Waals surface area contributed by atoms with Crippen molar-refractivity contribution in [3.8, 4) is 0 Å². The molecule has 0 saturated heterocycles. The molecule has 0 heterocycles. The maximum Gasteiger partial charge on any atom is 0.333 e. The molecule has 0 fully saturated rings. The summed E-state index contributed by atoms with van der Waals surface area (Å²) in [6.07, 6.45) is 0. The minimum atomic E-state index is -0.308. The lowest BCUT2D eigenvalue weighted by Crippen LogP contribution is -2.32. The molecule has 1 aromatic carbocycles. The number of carbonyl (C=O) groups is 1. The van der Waals surface area contributed by atoms with Gasteiger partial charge in [0.25, 0.3) is 0 Å². The number of esters is 1. The summed E-state index contributed by atoms with van der Waals surface area (Å²) in [6, 6.07) is 10.5. The summed E-state index contributed by atoms with van der Waals surface area (Å²) in [6.45, 7) is 14.4. The third kappa shape index (κ3) is 4.22. The second kappa shape index (κ2) is 6.74. The van der Waals surface area contributed by atoms with Crippen molar-refractivity contribution in [2.24, 2.45) is 11.3 Å². The van der Waals surface area contributed by atoms with Crippen molar-refractivity contribution >= 4 is 5.97 Å². The van der Waals surface area contributed by atoms with Crippen LogP contribution in [0.2, 0.25) is 0 Å². The maximum absolute atomic E-state index is 11.5. The summed E-state index contributed by atoms with van der Waals surface area (Å²) >= 11 is 0. The SMILES string of the molecule is C=C(C)C(=O)OCC(C)(C)[C@@H](C)[C@H](C)c1ccccc1. The minimum absolute atomic E-state index is 0.0830. The van der Waals surface area contributed by atoms with E-state index in [0.717, 1.165) is 0 Å². The average Bonchev–Trinajstić information content (AvgIpc) is 2.44.